The molecule has 1 aromatic heterocycles. The summed E-state index contributed by atoms with van der Waals surface area (Å²) in [4.78, 5) is 24.2. The minimum absolute atomic E-state index is 0.264. The topological polar surface area (TPSA) is 76.7 Å². The Morgan fingerprint density at radius 2 is 2.08 bits per heavy atom. The van der Waals surface area contributed by atoms with Crippen molar-refractivity contribution < 1.29 is 19.1 Å². The minimum atomic E-state index is -0.448. The summed E-state index contributed by atoms with van der Waals surface area (Å²) in [5, 5.41) is 7.31. The first kappa shape index (κ1) is 16.2. The lowest BCUT2D eigenvalue weighted by atomic mass is 10.1. The zero-order valence-electron chi connectivity index (χ0n) is 12.5. The molecule has 0 radical (unpaired) electrons. The summed E-state index contributed by atoms with van der Waals surface area (Å²) in [5.41, 5.74) is 1.04. The molecule has 6 nitrogen and oxygen atoms in total. The molecular weight excluding hydrogens is 348 g/mol. The van der Waals surface area contributed by atoms with Gasteiger partial charge >= 0.3 is 5.97 Å². The zero-order chi connectivity index (χ0) is 17.1. The van der Waals surface area contributed by atoms with Crippen molar-refractivity contribution in [2.75, 3.05) is 7.11 Å². The number of thiophene rings is 1. The van der Waals surface area contributed by atoms with Gasteiger partial charge in [-0.05, 0) is 47.4 Å². The highest BCUT2D eigenvalue weighted by Crippen LogP contribution is 2.30. The lowest BCUT2D eigenvalue weighted by Crippen LogP contribution is -2.21. The number of methoxy groups -OCH3 is 1. The van der Waals surface area contributed by atoms with Crippen molar-refractivity contribution in [2.45, 2.75) is 0 Å². The van der Waals surface area contributed by atoms with Gasteiger partial charge in [-0.1, -0.05) is 12.1 Å². The van der Waals surface area contributed by atoms with Crippen molar-refractivity contribution in [2.24, 2.45) is 0 Å². The first-order valence-electron chi connectivity index (χ1n) is 6.84. The summed E-state index contributed by atoms with van der Waals surface area (Å²) < 4.78 is 10.6. The Bertz CT molecular complexity index is 844. The number of carbonyl (C=O) groups is 2. The van der Waals surface area contributed by atoms with E-state index in [0.717, 1.165) is 0 Å². The average molecular weight is 360 g/mol. The van der Waals surface area contributed by atoms with Crippen LogP contribution < -0.4 is 20.1 Å². The molecule has 8 heteroatoms. The molecule has 0 atom stereocenters. The normalized spacial score (nSPS) is 15.1. The van der Waals surface area contributed by atoms with E-state index in [1.54, 1.807) is 41.8 Å². The summed E-state index contributed by atoms with van der Waals surface area (Å²) >= 11 is 6.18. The second-order valence-electron chi connectivity index (χ2n) is 4.74. The molecule has 0 bridgehead atoms. The van der Waals surface area contributed by atoms with Crippen molar-refractivity contribution in [3.8, 4) is 11.5 Å². The van der Waals surface area contributed by atoms with Crippen molar-refractivity contribution in [1.82, 2.24) is 10.6 Å². The van der Waals surface area contributed by atoms with Gasteiger partial charge in [0.2, 0.25) is 0 Å². The molecule has 1 amide bonds. The van der Waals surface area contributed by atoms with Gasteiger partial charge in [0.15, 0.2) is 16.6 Å². The molecule has 1 fully saturated rings. The predicted octanol–water partition coefficient (Wildman–Crippen LogP) is 2.32. The van der Waals surface area contributed by atoms with Crippen molar-refractivity contribution in [3.05, 3.63) is 51.8 Å². The number of ether oxygens (including phenoxy) is 2. The number of rotatable bonds is 4. The van der Waals surface area contributed by atoms with Crippen LogP contribution in [0.5, 0.6) is 11.5 Å². The fourth-order valence-corrected chi connectivity index (χ4v) is 2.85. The third-order valence-corrected chi connectivity index (χ3v) is 4.20. The summed E-state index contributed by atoms with van der Waals surface area (Å²) in [6, 6.07) is 8.45. The maximum atomic E-state index is 12.0. The molecule has 0 saturated carbocycles. The van der Waals surface area contributed by atoms with Gasteiger partial charge in [0.05, 0.1) is 7.11 Å². The summed E-state index contributed by atoms with van der Waals surface area (Å²) in [5.74, 6) is -0.0589. The minimum Gasteiger partial charge on any atom is -0.493 e. The highest BCUT2D eigenvalue weighted by Gasteiger charge is 2.20. The summed E-state index contributed by atoms with van der Waals surface area (Å²) in [6.07, 6.45) is 1.63. The maximum Gasteiger partial charge on any atom is 0.353 e. The van der Waals surface area contributed by atoms with Crippen molar-refractivity contribution in [1.29, 1.82) is 0 Å². The SMILES string of the molecule is COc1cc(/C=C2/NC(=S)NC2=O)ccc1OC(=O)c1cccs1. The molecule has 24 heavy (non-hydrogen) atoms. The number of amides is 1. The van der Waals surface area contributed by atoms with Crippen molar-refractivity contribution in [3.63, 3.8) is 0 Å². The Morgan fingerprint density at radius 1 is 1.25 bits per heavy atom. The Morgan fingerprint density at radius 3 is 2.71 bits per heavy atom. The van der Waals surface area contributed by atoms with Gasteiger partial charge in [-0.3, -0.25) is 10.1 Å². The van der Waals surface area contributed by atoms with Gasteiger partial charge in [-0.15, -0.1) is 11.3 Å². The number of nitrogens with one attached hydrogen (secondary N) is 2. The van der Waals surface area contributed by atoms with Crippen LogP contribution in [-0.2, 0) is 4.79 Å². The number of thiocarbonyl (C=S) groups is 1. The first-order chi connectivity index (χ1) is 11.6. The molecule has 122 valence electrons. The van der Waals surface area contributed by atoms with E-state index in [9.17, 15) is 9.59 Å². The average Bonchev–Trinajstić information content (AvgIpc) is 3.19. The quantitative estimate of drug-likeness (QED) is 0.377. The van der Waals surface area contributed by atoms with Crippen LogP contribution in [0.15, 0.2) is 41.4 Å². The second kappa shape index (κ2) is 6.81. The lowest BCUT2D eigenvalue weighted by Gasteiger charge is -2.09. The third-order valence-electron chi connectivity index (χ3n) is 3.14. The highest BCUT2D eigenvalue weighted by atomic mass is 32.1. The van der Waals surface area contributed by atoms with Crippen LogP contribution in [0.3, 0.4) is 0 Å². The molecule has 0 spiro atoms. The molecule has 0 unspecified atom stereocenters. The number of hydrogen-bond acceptors (Lipinski definition) is 6. The Labute approximate surface area is 147 Å². The fourth-order valence-electron chi connectivity index (χ4n) is 2.05. The molecule has 0 aliphatic carbocycles. The van der Waals surface area contributed by atoms with E-state index in [2.05, 4.69) is 10.6 Å². The van der Waals surface area contributed by atoms with E-state index >= 15 is 0 Å². The highest BCUT2D eigenvalue weighted by molar-refractivity contribution is 7.80. The molecule has 3 rings (SSSR count). The predicted molar refractivity (Wildman–Crippen MR) is 94.1 cm³/mol. The third kappa shape index (κ3) is 3.44. The largest absolute Gasteiger partial charge is 0.493 e. The zero-order valence-corrected chi connectivity index (χ0v) is 14.1. The van der Waals surface area contributed by atoms with Crippen LogP contribution in [0.2, 0.25) is 0 Å². The summed E-state index contributed by atoms with van der Waals surface area (Å²) in [7, 11) is 1.48. The van der Waals surface area contributed by atoms with E-state index < -0.39 is 5.97 Å². The number of carbonyl (C=O) groups excluding carboxylic acids is 2. The van der Waals surface area contributed by atoms with E-state index in [1.807, 2.05) is 0 Å². The molecule has 2 aromatic rings. The van der Waals surface area contributed by atoms with Crippen molar-refractivity contribution >= 4 is 46.6 Å². The van der Waals surface area contributed by atoms with Crippen LogP contribution in [0.4, 0.5) is 0 Å². The first-order valence-corrected chi connectivity index (χ1v) is 8.13. The van der Waals surface area contributed by atoms with E-state index in [1.165, 1.54) is 18.4 Å². The molecule has 1 saturated heterocycles. The Balaban J connectivity index is 1.83. The lowest BCUT2D eigenvalue weighted by molar-refractivity contribution is -0.115. The van der Waals surface area contributed by atoms with Gasteiger partial charge in [0.25, 0.3) is 5.91 Å². The molecule has 1 aromatic carbocycles. The molecule has 1 aliphatic heterocycles. The van der Waals surface area contributed by atoms with Crippen LogP contribution in [0, 0.1) is 0 Å². The van der Waals surface area contributed by atoms with E-state index in [-0.39, 0.29) is 11.0 Å². The van der Waals surface area contributed by atoms with Gasteiger partial charge in [-0.25, -0.2) is 4.79 Å². The van der Waals surface area contributed by atoms with E-state index in [4.69, 9.17) is 21.7 Å². The number of hydrogen-bond donors (Lipinski definition) is 2. The van der Waals surface area contributed by atoms with Gasteiger partial charge in [0.1, 0.15) is 10.6 Å². The summed E-state index contributed by atoms with van der Waals surface area (Å²) in [6.45, 7) is 0. The molecule has 2 heterocycles. The van der Waals surface area contributed by atoms with E-state index in [0.29, 0.717) is 27.6 Å². The van der Waals surface area contributed by atoms with Crippen LogP contribution in [0.25, 0.3) is 6.08 Å². The second-order valence-corrected chi connectivity index (χ2v) is 6.10. The maximum absolute atomic E-state index is 12.0. The monoisotopic (exact) mass is 360 g/mol. The van der Waals surface area contributed by atoms with Gasteiger partial charge in [0, 0.05) is 0 Å². The fraction of sp³-hybridized carbons (Fsp3) is 0.0625. The van der Waals surface area contributed by atoms with Gasteiger partial charge in [-0.2, -0.15) is 0 Å². The Hall–Kier alpha value is -2.71. The Kier molecular flexibility index (Phi) is 4.59. The van der Waals surface area contributed by atoms with Crippen LogP contribution >= 0.6 is 23.6 Å². The van der Waals surface area contributed by atoms with Crippen LogP contribution in [0.1, 0.15) is 15.2 Å². The molecule has 2 N–H and O–H groups in total. The number of esters is 1. The molecule has 1 aliphatic rings. The smallest absolute Gasteiger partial charge is 0.353 e. The standard InChI is InChI=1S/C16H12N2O4S2/c1-21-12-8-9(7-10-14(19)18-16(23)17-10)4-5-11(12)22-15(20)13-3-2-6-24-13/h2-8H,1H3,(H2,17,18,19,23)/b10-7+. The molecular formula is C16H12N2O4S2. The van der Waals surface area contributed by atoms with Gasteiger partial charge < -0.3 is 14.8 Å². The van der Waals surface area contributed by atoms with Crippen LogP contribution in [-0.4, -0.2) is 24.1 Å². The number of benzene rings is 1.